The summed E-state index contributed by atoms with van der Waals surface area (Å²) in [5, 5.41) is 6.30. The zero-order valence-electron chi connectivity index (χ0n) is 11.8. The van der Waals surface area contributed by atoms with E-state index in [2.05, 4.69) is 21.5 Å². The molecule has 102 valence electrons. The number of rotatable bonds is 6. The molecule has 1 amide bonds. The van der Waals surface area contributed by atoms with Crippen molar-refractivity contribution < 1.29 is 4.79 Å². The molecule has 18 heavy (non-hydrogen) atoms. The Kier molecular flexibility index (Phi) is 5.64. The highest BCUT2D eigenvalue weighted by atomic mass is 16.2. The second kappa shape index (κ2) is 6.77. The fourth-order valence-electron chi connectivity index (χ4n) is 2.34. The Hall–Kier alpha value is -1.05. The maximum atomic E-state index is 12.0. The van der Waals surface area contributed by atoms with E-state index < -0.39 is 5.54 Å². The van der Waals surface area contributed by atoms with E-state index in [-0.39, 0.29) is 5.91 Å². The molecule has 1 fully saturated rings. The molecule has 0 saturated carbocycles. The van der Waals surface area contributed by atoms with Crippen LogP contribution in [-0.2, 0) is 4.79 Å². The van der Waals surface area contributed by atoms with E-state index in [9.17, 15) is 4.79 Å². The monoisotopic (exact) mass is 251 g/mol. The predicted molar refractivity (Wildman–Crippen MR) is 74.2 cm³/mol. The summed E-state index contributed by atoms with van der Waals surface area (Å²) in [6, 6.07) is 0.458. The van der Waals surface area contributed by atoms with E-state index in [1.54, 1.807) is 0 Å². The molecule has 0 aromatic heterocycles. The smallest absolute Gasteiger partial charge is 0.235 e. The van der Waals surface area contributed by atoms with E-state index in [1.807, 2.05) is 20.9 Å². The van der Waals surface area contributed by atoms with Gasteiger partial charge in [0.05, 0.1) is 6.54 Å². The lowest BCUT2D eigenvalue weighted by Crippen LogP contribution is -2.50. The second-order valence-corrected chi connectivity index (χ2v) is 5.04. The third-order valence-corrected chi connectivity index (χ3v) is 3.91. The van der Waals surface area contributed by atoms with Crippen LogP contribution in [0, 0.1) is 12.3 Å². The lowest BCUT2D eigenvalue weighted by molar-refractivity contribution is -0.123. The van der Waals surface area contributed by atoms with Gasteiger partial charge in [-0.1, -0.05) is 19.8 Å². The van der Waals surface area contributed by atoms with Crippen molar-refractivity contribution in [1.29, 1.82) is 0 Å². The molecule has 0 radical (unpaired) electrons. The molecule has 4 heteroatoms. The van der Waals surface area contributed by atoms with Gasteiger partial charge in [-0.15, -0.1) is 6.42 Å². The van der Waals surface area contributed by atoms with Crippen LogP contribution in [0.2, 0.25) is 0 Å². The van der Waals surface area contributed by atoms with Gasteiger partial charge >= 0.3 is 0 Å². The average molecular weight is 251 g/mol. The van der Waals surface area contributed by atoms with Gasteiger partial charge in [-0.2, -0.15) is 0 Å². The molecule has 0 bridgehead atoms. The quantitative estimate of drug-likeness (QED) is 0.679. The van der Waals surface area contributed by atoms with E-state index in [0.717, 1.165) is 32.4 Å². The molecule has 4 nitrogen and oxygen atoms in total. The summed E-state index contributed by atoms with van der Waals surface area (Å²) in [5.74, 6) is 2.75. The van der Waals surface area contributed by atoms with Gasteiger partial charge < -0.3 is 10.6 Å². The first-order valence-electron chi connectivity index (χ1n) is 6.76. The van der Waals surface area contributed by atoms with Gasteiger partial charge in [-0.25, -0.2) is 0 Å². The summed E-state index contributed by atoms with van der Waals surface area (Å²) < 4.78 is 0. The Morgan fingerprint density at radius 1 is 1.56 bits per heavy atom. The van der Waals surface area contributed by atoms with Crippen LogP contribution in [0.15, 0.2) is 0 Å². The van der Waals surface area contributed by atoms with E-state index >= 15 is 0 Å². The van der Waals surface area contributed by atoms with Crippen LogP contribution in [0.1, 0.15) is 33.1 Å². The third-order valence-electron chi connectivity index (χ3n) is 3.91. The van der Waals surface area contributed by atoms with Gasteiger partial charge in [0.1, 0.15) is 5.54 Å². The largest absolute Gasteiger partial charge is 0.339 e. The SMILES string of the molecule is C#CC(CC)(CC)NC(=O)CN(C)C1CCNC1. The number of terminal acetylenes is 1. The fraction of sp³-hybridized carbons (Fsp3) is 0.786. The number of nitrogens with one attached hydrogen (secondary N) is 2. The van der Waals surface area contributed by atoms with E-state index in [0.29, 0.717) is 12.6 Å². The summed E-state index contributed by atoms with van der Waals surface area (Å²) in [6.45, 7) is 6.43. The first kappa shape index (κ1) is 15.0. The summed E-state index contributed by atoms with van der Waals surface area (Å²) in [7, 11) is 1.99. The lowest BCUT2D eigenvalue weighted by Gasteiger charge is -2.29. The Balaban J connectivity index is 2.47. The third kappa shape index (κ3) is 3.72. The Morgan fingerprint density at radius 3 is 2.67 bits per heavy atom. The summed E-state index contributed by atoms with van der Waals surface area (Å²) in [6.07, 6.45) is 8.17. The van der Waals surface area contributed by atoms with Gasteiger partial charge in [-0.05, 0) is 32.9 Å². The molecule has 1 aliphatic rings. The van der Waals surface area contributed by atoms with Gasteiger partial charge in [0.2, 0.25) is 5.91 Å². The van der Waals surface area contributed by atoms with Crippen molar-refractivity contribution in [3.63, 3.8) is 0 Å². The number of carbonyl (C=O) groups excluding carboxylic acids is 1. The molecule has 1 aliphatic heterocycles. The van der Waals surface area contributed by atoms with Crippen molar-refractivity contribution in [2.75, 3.05) is 26.7 Å². The van der Waals surface area contributed by atoms with Crippen LogP contribution in [0.4, 0.5) is 0 Å². The normalized spacial score (nSPS) is 19.8. The average Bonchev–Trinajstić information content (AvgIpc) is 2.90. The summed E-state index contributed by atoms with van der Waals surface area (Å²) in [4.78, 5) is 14.1. The highest BCUT2D eigenvalue weighted by Gasteiger charge is 2.27. The zero-order valence-corrected chi connectivity index (χ0v) is 11.8. The minimum absolute atomic E-state index is 0.0195. The van der Waals surface area contributed by atoms with Crippen LogP contribution in [0.5, 0.6) is 0 Å². The van der Waals surface area contributed by atoms with Crippen molar-refractivity contribution in [2.24, 2.45) is 0 Å². The maximum absolute atomic E-state index is 12.0. The Bertz CT molecular complexity index is 311. The number of amides is 1. The first-order chi connectivity index (χ1) is 8.56. The molecule has 1 atom stereocenters. The molecule has 0 aromatic carbocycles. The van der Waals surface area contributed by atoms with Crippen molar-refractivity contribution >= 4 is 5.91 Å². The van der Waals surface area contributed by atoms with E-state index in [4.69, 9.17) is 6.42 Å². The summed E-state index contributed by atoms with van der Waals surface area (Å²) in [5.41, 5.74) is -0.480. The fourth-order valence-corrected chi connectivity index (χ4v) is 2.34. The lowest BCUT2D eigenvalue weighted by atomic mass is 9.94. The van der Waals surface area contributed by atoms with Crippen LogP contribution < -0.4 is 10.6 Å². The number of hydrogen-bond donors (Lipinski definition) is 2. The number of carbonyl (C=O) groups is 1. The molecule has 1 saturated heterocycles. The molecule has 1 rings (SSSR count). The minimum Gasteiger partial charge on any atom is -0.339 e. The Morgan fingerprint density at radius 2 is 2.22 bits per heavy atom. The van der Waals surface area contributed by atoms with E-state index in [1.165, 1.54) is 0 Å². The van der Waals surface area contributed by atoms with Crippen molar-refractivity contribution in [1.82, 2.24) is 15.5 Å². The minimum atomic E-state index is -0.480. The number of hydrogen-bond acceptors (Lipinski definition) is 3. The molecule has 0 spiro atoms. The summed E-state index contributed by atoms with van der Waals surface area (Å²) >= 11 is 0. The molecule has 2 N–H and O–H groups in total. The second-order valence-electron chi connectivity index (χ2n) is 5.04. The van der Waals surface area contributed by atoms with Crippen molar-refractivity contribution in [2.45, 2.75) is 44.7 Å². The topological polar surface area (TPSA) is 44.4 Å². The van der Waals surface area contributed by atoms with Crippen LogP contribution in [-0.4, -0.2) is 49.1 Å². The zero-order chi connectivity index (χ0) is 13.6. The highest BCUT2D eigenvalue weighted by Crippen LogP contribution is 2.13. The highest BCUT2D eigenvalue weighted by molar-refractivity contribution is 5.79. The predicted octanol–water partition coefficient (Wildman–Crippen LogP) is 0.588. The number of nitrogens with zero attached hydrogens (tertiary/aromatic N) is 1. The van der Waals surface area contributed by atoms with Crippen LogP contribution in [0.3, 0.4) is 0 Å². The molecule has 0 aromatic rings. The molecular weight excluding hydrogens is 226 g/mol. The standard InChI is InChI=1S/C14H25N3O/c1-5-14(6-2,7-3)16-13(18)11-17(4)12-8-9-15-10-12/h1,12,15H,6-11H2,2-4H3,(H,16,18). The van der Waals surface area contributed by atoms with Gasteiger partial charge in [0.15, 0.2) is 0 Å². The first-order valence-corrected chi connectivity index (χ1v) is 6.76. The molecular formula is C14H25N3O. The van der Waals surface area contributed by atoms with Gasteiger partial charge in [-0.3, -0.25) is 9.69 Å². The number of likely N-dealkylation sites (N-methyl/N-ethyl adjacent to an activating group) is 1. The maximum Gasteiger partial charge on any atom is 0.235 e. The van der Waals surface area contributed by atoms with Crippen molar-refractivity contribution in [3.8, 4) is 12.3 Å². The molecule has 1 unspecified atom stereocenters. The molecule has 1 heterocycles. The molecule has 0 aliphatic carbocycles. The van der Waals surface area contributed by atoms with Gasteiger partial charge in [0.25, 0.3) is 0 Å². The van der Waals surface area contributed by atoms with Crippen LogP contribution in [0.25, 0.3) is 0 Å². The van der Waals surface area contributed by atoms with Crippen molar-refractivity contribution in [3.05, 3.63) is 0 Å². The van der Waals surface area contributed by atoms with Gasteiger partial charge in [0, 0.05) is 12.6 Å². The Labute approximate surface area is 110 Å². The van der Waals surface area contributed by atoms with Crippen LogP contribution >= 0.6 is 0 Å².